The smallest absolute Gasteiger partial charge is 0.462 e. The van der Waals surface area contributed by atoms with Gasteiger partial charge >= 0.3 is 19.8 Å². The Labute approximate surface area is 301 Å². The summed E-state index contributed by atoms with van der Waals surface area (Å²) in [6.07, 6.45) is 31.1. The molecule has 2 atom stereocenters. The molecule has 0 saturated carbocycles. The third-order valence-corrected chi connectivity index (χ3v) is 9.53. The van der Waals surface area contributed by atoms with E-state index in [9.17, 15) is 19.0 Å². The van der Waals surface area contributed by atoms with Crippen molar-refractivity contribution in [1.29, 1.82) is 0 Å². The number of hydrogen-bond acceptors (Lipinski definition) is 7. The Balaban J connectivity index is 4.36. The van der Waals surface area contributed by atoms with Crippen LogP contribution in [0.4, 0.5) is 0 Å². The molecule has 0 bridgehead atoms. The monoisotopic (exact) mass is 719 g/mol. The maximum absolute atomic E-state index is 12.6. The number of nitrogens with zero attached hydrogens (tertiary/aromatic N) is 1. The standard InChI is InChI=1S/C39H76NO8P/c1-6-8-10-12-14-16-18-19-20-21-22-24-25-27-29-31-38(41)45-35-37(36-47-49(43,44)46-34-33-40(3,4)5)48-39(42)32-30-28-26-23-17-15-13-11-9-7-2/h12,14,37H,6-11,13,15-36H2,1-5H3/p+1/b14-12+/t37-/m0/s1. The van der Waals surface area contributed by atoms with Crippen LogP contribution in [-0.2, 0) is 32.7 Å². The number of likely N-dealkylation sites (N-methyl/N-ethyl adjacent to an activating group) is 1. The van der Waals surface area contributed by atoms with Crippen molar-refractivity contribution in [3.63, 3.8) is 0 Å². The molecule has 1 N–H and O–H groups in total. The Morgan fingerprint density at radius 2 is 1.06 bits per heavy atom. The fraction of sp³-hybridized carbons (Fsp3) is 0.897. The summed E-state index contributed by atoms with van der Waals surface area (Å²) in [5, 5.41) is 0. The largest absolute Gasteiger partial charge is 0.472 e. The highest BCUT2D eigenvalue weighted by Crippen LogP contribution is 2.43. The number of quaternary nitrogens is 1. The van der Waals surface area contributed by atoms with E-state index in [1.165, 1.54) is 109 Å². The molecule has 1 unspecified atom stereocenters. The lowest BCUT2D eigenvalue weighted by atomic mass is 10.1. The zero-order valence-electron chi connectivity index (χ0n) is 32.4. The van der Waals surface area contributed by atoms with Crippen molar-refractivity contribution in [1.82, 2.24) is 0 Å². The van der Waals surface area contributed by atoms with Crippen LogP contribution < -0.4 is 0 Å². The summed E-state index contributed by atoms with van der Waals surface area (Å²) in [6, 6.07) is 0. The van der Waals surface area contributed by atoms with Crippen LogP contribution in [0.3, 0.4) is 0 Å². The van der Waals surface area contributed by atoms with Crippen LogP contribution in [-0.4, -0.2) is 74.9 Å². The zero-order chi connectivity index (χ0) is 36.5. The lowest BCUT2D eigenvalue weighted by Gasteiger charge is -2.24. The predicted molar refractivity (Wildman–Crippen MR) is 201 cm³/mol. The van der Waals surface area contributed by atoms with E-state index in [1.54, 1.807) is 0 Å². The van der Waals surface area contributed by atoms with Crippen LogP contribution >= 0.6 is 7.82 Å². The van der Waals surface area contributed by atoms with Gasteiger partial charge in [-0.25, -0.2) is 4.57 Å². The van der Waals surface area contributed by atoms with E-state index in [0.717, 1.165) is 32.1 Å². The summed E-state index contributed by atoms with van der Waals surface area (Å²) in [5.41, 5.74) is 0. The SMILES string of the molecule is CCCC/C=C/CCCCCCCCCCCC(=O)OC[C@@H](COP(=O)(O)OCC[N+](C)(C)C)OC(=O)CCCCCCCCCCCC. The molecule has 0 heterocycles. The van der Waals surface area contributed by atoms with Crippen LogP contribution in [0.1, 0.15) is 174 Å². The van der Waals surface area contributed by atoms with Crippen LogP contribution in [0.2, 0.25) is 0 Å². The molecule has 0 aromatic heterocycles. The van der Waals surface area contributed by atoms with E-state index in [2.05, 4.69) is 26.0 Å². The van der Waals surface area contributed by atoms with Crippen LogP contribution in [0.15, 0.2) is 12.2 Å². The lowest BCUT2D eigenvalue weighted by molar-refractivity contribution is -0.870. The average molecular weight is 719 g/mol. The second kappa shape index (κ2) is 32.6. The molecule has 0 aliphatic heterocycles. The summed E-state index contributed by atoms with van der Waals surface area (Å²) in [4.78, 5) is 35.2. The average Bonchev–Trinajstić information content (AvgIpc) is 3.04. The lowest BCUT2D eigenvalue weighted by Crippen LogP contribution is -2.37. The molecule has 49 heavy (non-hydrogen) atoms. The first-order valence-electron chi connectivity index (χ1n) is 19.9. The van der Waals surface area contributed by atoms with Gasteiger partial charge < -0.3 is 18.9 Å². The van der Waals surface area contributed by atoms with Crippen molar-refractivity contribution in [2.75, 3.05) is 47.5 Å². The number of rotatable bonds is 36. The minimum atomic E-state index is -4.36. The Kier molecular flexibility index (Phi) is 31.8. The molecule has 0 saturated heterocycles. The molecule has 10 heteroatoms. The first-order valence-corrected chi connectivity index (χ1v) is 21.4. The minimum absolute atomic E-state index is 0.0343. The van der Waals surface area contributed by atoms with Crippen LogP contribution in [0, 0.1) is 0 Å². The van der Waals surface area contributed by atoms with E-state index in [-0.39, 0.29) is 25.6 Å². The van der Waals surface area contributed by atoms with Crippen molar-refractivity contribution in [3.8, 4) is 0 Å². The Bertz CT molecular complexity index is 860. The summed E-state index contributed by atoms with van der Waals surface area (Å²) in [5.74, 6) is -0.798. The molecule has 0 aliphatic rings. The number of allylic oxidation sites excluding steroid dienone is 2. The van der Waals surface area contributed by atoms with Gasteiger partial charge in [0.15, 0.2) is 6.10 Å². The van der Waals surface area contributed by atoms with Crippen molar-refractivity contribution in [2.24, 2.45) is 0 Å². The van der Waals surface area contributed by atoms with E-state index in [1.807, 2.05) is 21.1 Å². The Hall–Kier alpha value is -1.25. The highest BCUT2D eigenvalue weighted by Gasteiger charge is 2.27. The second-order valence-corrected chi connectivity index (χ2v) is 16.1. The van der Waals surface area contributed by atoms with E-state index < -0.39 is 26.5 Å². The highest BCUT2D eigenvalue weighted by atomic mass is 31.2. The fourth-order valence-corrected chi connectivity index (χ4v) is 6.09. The molecule has 0 amide bonds. The normalized spacial score (nSPS) is 13.8. The maximum atomic E-state index is 12.6. The number of carbonyl (C=O) groups is 2. The molecule has 0 aromatic rings. The van der Waals surface area contributed by atoms with Gasteiger partial charge in [-0.05, 0) is 32.1 Å². The van der Waals surface area contributed by atoms with E-state index in [0.29, 0.717) is 23.9 Å². The van der Waals surface area contributed by atoms with E-state index in [4.69, 9.17) is 18.5 Å². The van der Waals surface area contributed by atoms with Gasteiger partial charge in [-0.2, -0.15) is 0 Å². The molecule has 0 radical (unpaired) electrons. The third-order valence-electron chi connectivity index (χ3n) is 8.55. The van der Waals surface area contributed by atoms with Gasteiger partial charge in [0.05, 0.1) is 27.7 Å². The van der Waals surface area contributed by atoms with Crippen LogP contribution in [0.25, 0.3) is 0 Å². The molecule has 0 fully saturated rings. The highest BCUT2D eigenvalue weighted by molar-refractivity contribution is 7.47. The number of phosphoric ester groups is 1. The first-order chi connectivity index (χ1) is 23.5. The second-order valence-electron chi connectivity index (χ2n) is 14.7. The number of unbranched alkanes of at least 4 members (excludes halogenated alkanes) is 20. The van der Waals surface area contributed by atoms with Crippen molar-refractivity contribution >= 4 is 19.8 Å². The molecule has 0 rings (SSSR count). The van der Waals surface area contributed by atoms with Crippen molar-refractivity contribution in [2.45, 2.75) is 180 Å². The van der Waals surface area contributed by atoms with E-state index >= 15 is 0 Å². The Morgan fingerprint density at radius 1 is 0.612 bits per heavy atom. The zero-order valence-corrected chi connectivity index (χ0v) is 33.3. The molecular weight excluding hydrogens is 641 g/mol. The number of hydrogen-bond donors (Lipinski definition) is 1. The van der Waals surface area contributed by atoms with Gasteiger partial charge in [-0.3, -0.25) is 18.6 Å². The van der Waals surface area contributed by atoms with Gasteiger partial charge in [0, 0.05) is 12.8 Å². The van der Waals surface area contributed by atoms with Gasteiger partial charge in [0.1, 0.15) is 19.8 Å². The molecule has 0 aromatic carbocycles. The predicted octanol–water partition coefficient (Wildman–Crippen LogP) is 10.6. The van der Waals surface area contributed by atoms with Crippen LogP contribution in [0.5, 0.6) is 0 Å². The topological polar surface area (TPSA) is 108 Å². The first kappa shape index (κ1) is 47.8. The molecule has 0 aliphatic carbocycles. The quantitative estimate of drug-likeness (QED) is 0.0224. The number of carbonyl (C=O) groups excluding carboxylic acids is 2. The third kappa shape index (κ3) is 36.3. The van der Waals surface area contributed by atoms with Gasteiger partial charge in [-0.15, -0.1) is 0 Å². The summed E-state index contributed by atoms with van der Waals surface area (Å²) in [7, 11) is 1.48. The summed E-state index contributed by atoms with van der Waals surface area (Å²) < 4.78 is 34.2. The Morgan fingerprint density at radius 3 is 1.57 bits per heavy atom. The van der Waals surface area contributed by atoms with Gasteiger partial charge in [-0.1, -0.05) is 142 Å². The number of phosphoric acid groups is 1. The number of ether oxygens (including phenoxy) is 2. The molecule has 0 spiro atoms. The maximum Gasteiger partial charge on any atom is 0.472 e. The molecule has 9 nitrogen and oxygen atoms in total. The fourth-order valence-electron chi connectivity index (χ4n) is 5.35. The van der Waals surface area contributed by atoms with Gasteiger partial charge in [0.2, 0.25) is 0 Å². The van der Waals surface area contributed by atoms with Crippen molar-refractivity contribution < 1.29 is 42.1 Å². The minimum Gasteiger partial charge on any atom is -0.462 e. The summed E-state index contributed by atoms with van der Waals surface area (Å²) >= 11 is 0. The summed E-state index contributed by atoms with van der Waals surface area (Å²) in [6.45, 7) is 4.38. The van der Waals surface area contributed by atoms with Gasteiger partial charge in [0.25, 0.3) is 0 Å². The van der Waals surface area contributed by atoms with Crippen molar-refractivity contribution in [3.05, 3.63) is 12.2 Å². The molecule has 290 valence electrons. The molecular formula is C39H77NO8P+. The number of esters is 2.